The Morgan fingerprint density at radius 1 is 1.57 bits per heavy atom. The summed E-state index contributed by atoms with van der Waals surface area (Å²) in [6, 6.07) is 5.26. The molecule has 0 N–H and O–H groups in total. The summed E-state index contributed by atoms with van der Waals surface area (Å²) >= 11 is 4.18. The van der Waals surface area contributed by atoms with Crippen molar-refractivity contribution in [2.45, 2.75) is 11.8 Å². The third-order valence-corrected chi connectivity index (χ3v) is 2.47. The van der Waals surface area contributed by atoms with E-state index in [4.69, 9.17) is 5.26 Å². The summed E-state index contributed by atoms with van der Waals surface area (Å²) in [5.74, 6) is -0.532. The summed E-state index contributed by atoms with van der Waals surface area (Å²) in [4.78, 5) is 11.8. The fourth-order valence-corrected chi connectivity index (χ4v) is 1.38. The van der Waals surface area contributed by atoms with Crippen LogP contribution < -0.4 is 0 Å². The lowest BCUT2D eigenvalue weighted by Gasteiger charge is -2.07. The molecule has 0 atom stereocenters. The molecule has 14 heavy (non-hydrogen) atoms. The van der Waals surface area contributed by atoms with Crippen molar-refractivity contribution in [2.24, 2.45) is 0 Å². The van der Waals surface area contributed by atoms with E-state index in [1.54, 1.807) is 12.1 Å². The monoisotopic (exact) mass is 207 g/mol. The summed E-state index contributed by atoms with van der Waals surface area (Å²) in [6.07, 6.45) is 0. The van der Waals surface area contributed by atoms with Crippen molar-refractivity contribution in [3.8, 4) is 6.07 Å². The van der Waals surface area contributed by atoms with Crippen molar-refractivity contribution in [2.75, 3.05) is 7.11 Å². The summed E-state index contributed by atoms with van der Waals surface area (Å²) < 4.78 is 4.58. The predicted octanol–water partition coefficient (Wildman–Crippen LogP) is 1.94. The lowest BCUT2D eigenvalue weighted by Crippen LogP contribution is -2.06. The minimum atomic E-state index is -0.532. The van der Waals surface area contributed by atoms with Crippen LogP contribution in [0.1, 0.15) is 21.5 Å². The van der Waals surface area contributed by atoms with E-state index in [9.17, 15) is 4.79 Å². The van der Waals surface area contributed by atoms with Crippen LogP contribution in [-0.2, 0) is 4.74 Å². The van der Waals surface area contributed by atoms with Crippen LogP contribution in [0.25, 0.3) is 0 Å². The van der Waals surface area contributed by atoms with Gasteiger partial charge in [-0.05, 0) is 18.6 Å². The average molecular weight is 207 g/mol. The molecule has 0 radical (unpaired) electrons. The Balaban J connectivity index is 3.45. The topological polar surface area (TPSA) is 50.1 Å². The molecule has 3 nitrogen and oxygen atoms in total. The average Bonchev–Trinajstić information content (AvgIpc) is 2.20. The molecule has 0 bridgehead atoms. The second-order valence-electron chi connectivity index (χ2n) is 2.76. The van der Waals surface area contributed by atoms with E-state index in [1.807, 2.05) is 13.0 Å². The summed E-state index contributed by atoms with van der Waals surface area (Å²) in [5, 5.41) is 8.79. The molecule has 1 rings (SSSR count). The molecule has 0 aliphatic rings. The van der Waals surface area contributed by atoms with Gasteiger partial charge in [0.25, 0.3) is 0 Å². The molecule has 1 aromatic rings. The summed E-state index contributed by atoms with van der Waals surface area (Å²) in [5.41, 5.74) is 1.36. The Morgan fingerprint density at radius 2 is 2.21 bits per heavy atom. The van der Waals surface area contributed by atoms with Crippen LogP contribution in [0.3, 0.4) is 0 Å². The number of hydrogen-bond acceptors (Lipinski definition) is 4. The van der Waals surface area contributed by atoms with Crippen LogP contribution in [0.15, 0.2) is 17.0 Å². The molecule has 0 heterocycles. The molecular weight excluding hydrogens is 198 g/mol. The van der Waals surface area contributed by atoms with Crippen LogP contribution in [-0.4, -0.2) is 13.1 Å². The minimum absolute atomic E-state index is 0.235. The summed E-state index contributed by atoms with van der Waals surface area (Å²) in [7, 11) is 1.28. The Hall–Kier alpha value is -1.47. The molecule has 0 saturated heterocycles. The van der Waals surface area contributed by atoms with Crippen LogP contribution in [0.2, 0.25) is 0 Å². The highest BCUT2D eigenvalue weighted by Crippen LogP contribution is 2.22. The van der Waals surface area contributed by atoms with Crippen LogP contribution in [0.4, 0.5) is 0 Å². The van der Waals surface area contributed by atoms with Crippen LogP contribution in [0, 0.1) is 18.3 Å². The molecule has 72 valence electrons. The van der Waals surface area contributed by atoms with Gasteiger partial charge >= 0.3 is 5.97 Å². The molecule has 0 aromatic heterocycles. The fraction of sp³-hybridized carbons (Fsp3) is 0.200. The van der Waals surface area contributed by atoms with Crippen molar-refractivity contribution in [3.63, 3.8) is 0 Å². The number of thiol groups is 1. The molecule has 1 aromatic carbocycles. The lowest BCUT2D eigenvalue weighted by molar-refractivity contribution is 0.0596. The standard InChI is InChI=1S/C10H9NO2S/c1-6-3-4-7(5-11)8(9(6)14)10(12)13-2/h3-4,14H,1-2H3. The number of nitrogens with zero attached hydrogens (tertiary/aromatic N) is 1. The molecule has 0 unspecified atom stereocenters. The van der Waals surface area contributed by atoms with E-state index in [0.29, 0.717) is 4.90 Å². The van der Waals surface area contributed by atoms with Gasteiger partial charge in [0.05, 0.1) is 18.2 Å². The number of carbonyl (C=O) groups is 1. The van der Waals surface area contributed by atoms with Gasteiger partial charge in [0.1, 0.15) is 6.07 Å². The summed E-state index contributed by atoms with van der Waals surface area (Å²) in [6.45, 7) is 1.82. The number of carbonyl (C=O) groups excluding carboxylic acids is 1. The largest absolute Gasteiger partial charge is 0.465 e. The first-order chi connectivity index (χ1) is 6.61. The van der Waals surface area contributed by atoms with Crippen molar-refractivity contribution in [1.82, 2.24) is 0 Å². The van der Waals surface area contributed by atoms with Crippen molar-refractivity contribution in [1.29, 1.82) is 5.26 Å². The smallest absolute Gasteiger partial charge is 0.340 e. The zero-order valence-electron chi connectivity index (χ0n) is 7.87. The van der Waals surface area contributed by atoms with Gasteiger partial charge in [-0.1, -0.05) is 6.07 Å². The second kappa shape index (κ2) is 4.16. The Bertz CT molecular complexity index is 421. The molecule has 0 spiro atoms. The maximum atomic E-state index is 11.3. The fourth-order valence-electron chi connectivity index (χ4n) is 1.10. The molecule has 0 fully saturated rings. The van der Waals surface area contributed by atoms with E-state index >= 15 is 0 Å². The Labute approximate surface area is 87.7 Å². The highest BCUT2D eigenvalue weighted by Gasteiger charge is 2.16. The van der Waals surface area contributed by atoms with Crippen molar-refractivity contribution >= 4 is 18.6 Å². The van der Waals surface area contributed by atoms with Gasteiger partial charge in [0, 0.05) is 4.90 Å². The lowest BCUT2D eigenvalue weighted by atomic mass is 10.1. The zero-order chi connectivity index (χ0) is 10.7. The van der Waals surface area contributed by atoms with Gasteiger partial charge < -0.3 is 4.74 Å². The third-order valence-electron chi connectivity index (χ3n) is 1.89. The molecule has 0 aliphatic heterocycles. The molecule has 0 saturated carbocycles. The number of hydrogen-bond donors (Lipinski definition) is 1. The number of esters is 1. The Kier molecular flexibility index (Phi) is 3.15. The van der Waals surface area contributed by atoms with E-state index < -0.39 is 5.97 Å². The van der Waals surface area contributed by atoms with E-state index in [-0.39, 0.29) is 11.1 Å². The first kappa shape index (κ1) is 10.6. The quantitative estimate of drug-likeness (QED) is 0.565. The van der Waals surface area contributed by atoms with Gasteiger partial charge in [-0.15, -0.1) is 12.6 Å². The predicted molar refractivity (Wildman–Crippen MR) is 54.5 cm³/mol. The number of nitriles is 1. The van der Waals surface area contributed by atoms with Gasteiger partial charge in [-0.3, -0.25) is 0 Å². The third kappa shape index (κ3) is 1.73. The normalized spacial score (nSPS) is 9.29. The van der Waals surface area contributed by atoms with Gasteiger partial charge in [-0.25, -0.2) is 4.79 Å². The zero-order valence-corrected chi connectivity index (χ0v) is 8.76. The molecular formula is C10H9NO2S. The molecule has 4 heteroatoms. The maximum absolute atomic E-state index is 11.3. The van der Waals surface area contributed by atoms with E-state index in [0.717, 1.165) is 5.56 Å². The number of methoxy groups -OCH3 is 1. The van der Waals surface area contributed by atoms with Gasteiger partial charge in [-0.2, -0.15) is 5.26 Å². The highest BCUT2D eigenvalue weighted by atomic mass is 32.1. The molecule has 0 aliphatic carbocycles. The van der Waals surface area contributed by atoms with Crippen molar-refractivity contribution < 1.29 is 9.53 Å². The van der Waals surface area contributed by atoms with Crippen LogP contribution in [0.5, 0.6) is 0 Å². The second-order valence-corrected chi connectivity index (χ2v) is 3.20. The van der Waals surface area contributed by atoms with Gasteiger partial charge in [0.15, 0.2) is 0 Å². The van der Waals surface area contributed by atoms with Crippen molar-refractivity contribution in [3.05, 3.63) is 28.8 Å². The number of benzene rings is 1. The number of ether oxygens (including phenoxy) is 1. The number of aryl methyl sites for hydroxylation is 1. The van der Waals surface area contributed by atoms with E-state index in [2.05, 4.69) is 17.4 Å². The van der Waals surface area contributed by atoms with Gasteiger partial charge in [0.2, 0.25) is 0 Å². The molecule has 0 amide bonds. The first-order valence-electron chi connectivity index (χ1n) is 3.92. The SMILES string of the molecule is COC(=O)c1c(C#N)ccc(C)c1S. The number of rotatable bonds is 1. The van der Waals surface area contributed by atoms with E-state index in [1.165, 1.54) is 7.11 Å². The van der Waals surface area contributed by atoms with Crippen LogP contribution >= 0.6 is 12.6 Å². The Morgan fingerprint density at radius 3 is 2.71 bits per heavy atom. The first-order valence-corrected chi connectivity index (χ1v) is 4.37. The maximum Gasteiger partial charge on any atom is 0.340 e. The highest BCUT2D eigenvalue weighted by molar-refractivity contribution is 7.80. The minimum Gasteiger partial charge on any atom is -0.465 e.